The third-order valence-corrected chi connectivity index (χ3v) is 3.62. The molecule has 19 heavy (non-hydrogen) atoms. The SMILES string of the molecule is CCC1COC(C)CN1c1nc(Cl)nc2nc[nH]c12. The van der Waals surface area contributed by atoms with Gasteiger partial charge in [-0.25, -0.2) is 4.98 Å². The molecule has 0 radical (unpaired) electrons. The molecule has 1 fully saturated rings. The van der Waals surface area contributed by atoms with Crippen LogP contribution in [0.2, 0.25) is 5.28 Å². The van der Waals surface area contributed by atoms with Crippen molar-refractivity contribution in [1.29, 1.82) is 0 Å². The summed E-state index contributed by atoms with van der Waals surface area (Å²) in [6.45, 7) is 5.70. The minimum atomic E-state index is 0.175. The molecule has 1 aliphatic rings. The van der Waals surface area contributed by atoms with Gasteiger partial charge in [-0.05, 0) is 24.9 Å². The number of hydrogen-bond acceptors (Lipinski definition) is 5. The third kappa shape index (κ3) is 2.26. The van der Waals surface area contributed by atoms with Crippen LogP contribution in [0.25, 0.3) is 11.2 Å². The minimum absolute atomic E-state index is 0.175. The number of rotatable bonds is 2. The Bertz CT molecular complexity index is 587. The van der Waals surface area contributed by atoms with E-state index >= 15 is 0 Å². The highest BCUT2D eigenvalue weighted by molar-refractivity contribution is 6.28. The van der Waals surface area contributed by atoms with Gasteiger partial charge in [0.25, 0.3) is 0 Å². The highest BCUT2D eigenvalue weighted by Crippen LogP contribution is 2.27. The lowest BCUT2D eigenvalue weighted by Gasteiger charge is -2.39. The Hall–Kier alpha value is -1.40. The Balaban J connectivity index is 2.08. The number of imidazole rings is 1. The number of H-pyrrole nitrogens is 1. The van der Waals surface area contributed by atoms with E-state index in [0.717, 1.165) is 24.3 Å². The second kappa shape index (κ2) is 4.94. The van der Waals surface area contributed by atoms with E-state index in [4.69, 9.17) is 16.3 Å². The molecule has 2 atom stereocenters. The van der Waals surface area contributed by atoms with Gasteiger partial charge in [0, 0.05) is 6.54 Å². The number of hydrogen-bond donors (Lipinski definition) is 1. The lowest BCUT2D eigenvalue weighted by atomic mass is 10.1. The van der Waals surface area contributed by atoms with Crippen molar-refractivity contribution >= 4 is 28.6 Å². The fourth-order valence-electron chi connectivity index (χ4n) is 2.44. The highest BCUT2D eigenvalue weighted by atomic mass is 35.5. The summed E-state index contributed by atoms with van der Waals surface area (Å²) in [5, 5.41) is 0.226. The van der Waals surface area contributed by atoms with Crippen LogP contribution < -0.4 is 4.90 Å². The number of nitrogens with zero attached hydrogens (tertiary/aromatic N) is 4. The minimum Gasteiger partial charge on any atom is -0.375 e. The normalized spacial score (nSPS) is 24.1. The fraction of sp³-hybridized carbons (Fsp3) is 0.583. The third-order valence-electron chi connectivity index (χ3n) is 3.45. The Labute approximate surface area is 116 Å². The monoisotopic (exact) mass is 281 g/mol. The van der Waals surface area contributed by atoms with Crippen molar-refractivity contribution < 1.29 is 4.74 Å². The van der Waals surface area contributed by atoms with Crippen molar-refractivity contribution in [2.24, 2.45) is 0 Å². The molecule has 3 heterocycles. The average molecular weight is 282 g/mol. The zero-order valence-electron chi connectivity index (χ0n) is 10.9. The summed E-state index contributed by atoms with van der Waals surface area (Å²) in [6, 6.07) is 0.300. The van der Waals surface area contributed by atoms with Crippen molar-refractivity contribution in [3.63, 3.8) is 0 Å². The molecule has 7 heteroatoms. The van der Waals surface area contributed by atoms with Crippen molar-refractivity contribution in [3.05, 3.63) is 11.6 Å². The molecule has 102 valence electrons. The summed E-state index contributed by atoms with van der Waals surface area (Å²) in [6.07, 6.45) is 2.78. The van der Waals surface area contributed by atoms with Crippen LogP contribution in [0.4, 0.5) is 5.82 Å². The second-order valence-corrected chi connectivity index (χ2v) is 5.11. The van der Waals surface area contributed by atoms with E-state index < -0.39 is 0 Å². The van der Waals surface area contributed by atoms with Crippen LogP contribution in [0.1, 0.15) is 20.3 Å². The molecule has 0 aromatic carbocycles. The van der Waals surface area contributed by atoms with Gasteiger partial charge in [-0.15, -0.1) is 0 Å². The quantitative estimate of drug-likeness (QED) is 0.853. The molecule has 1 saturated heterocycles. The number of ether oxygens (including phenoxy) is 1. The van der Waals surface area contributed by atoms with E-state index in [1.54, 1.807) is 6.33 Å². The standard InChI is InChI=1S/C12H16ClN5O/c1-3-8-5-19-7(2)4-18(8)11-9-10(15-6-14-9)16-12(13)17-11/h6-8H,3-5H2,1-2H3,(H,14,15,16,17). The van der Waals surface area contributed by atoms with Crippen LogP contribution in [0.15, 0.2) is 6.33 Å². The first-order chi connectivity index (χ1) is 9.19. The van der Waals surface area contributed by atoms with Gasteiger partial charge < -0.3 is 14.6 Å². The lowest BCUT2D eigenvalue weighted by Crippen LogP contribution is -2.49. The van der Waals surface area contributed by atoms with Gasteiger partial charge in [0.15, 0.2) is 11.5 Å². The van der Waals surface area contributed by atoms with E-state index in [1.807, 2.05) is 0 Å². The predicted molar refractivity (Wildman–Crippen MR) is 73.5 cm³/mol. The molecule has 1 aliphatic heterocycles. The Morgan fingerprint density at radius 1 is 1.53 bits per heavy atom. The molecule has 2 unspecified atom stereocenters. The molecule has 0 aliphatic carbocycles. The average Bonchev–Trinajstić information content (AvgIpc) is 2.85. The molecule has 2 aromatic rings. The zero-order chi connectivity index (χ0) is 13.4. The van der Waals surface area contributed by atoms with Crippen LogP contribution >= 0.6 is 11.6 Å². The van der Waals surface area contributed by atoms with Gasteiger partial charge in [-0.1, -0.05) is 6.92 Å². The van der Waals surface area contributed by atoms with Gasteiger partial charge in [0.2, 0.25) is 5.28 Å². The Morgan fingerprint density at radius 2 is 2.37 bits per heavy atom. The maximum atomic E-state index is 5.99. The molecule has 0 spiro atoms. The van der Waals surface area contributed by atoms with E-state index in [1.165, 1.54) is 0 Å². The van der Waals surface area contributed by atoms with Crippen LogP contribution in [-0.4, -0.2) is 45.2 Å². The van der Waals surface area contributed by atoms with Crippen LogP contribution in [0, 0.1) is 0 Å². The summed E-state index contributed by atoms with van der Waals surface area (Å²) < 4.78 is 5.71. The first-order valence-electron chi connectivity index (χ1n) is 6.44. The summed E-state index contributed by atoms with van der Waals surface area (Å²) >= 11 is 5.99. The first kappa shape index (κ1) is 12.6. The van der Waals surface area contributed by atoms with Crippen molar-refractivity contribution in [2.75, 3.05) is 18.1 Å². The predicted octanol–water partition coefficient (Wildman–Crippen LogP) is 2.01. The van der Waals surface area contributed by atoms with Crippen LogP contribution in [-0.2, 0) is 4.74 Å². The molecule has 2 aromatic heterocycles. The van der Waals surface area contributed by atoms with Gasteiger partial charge in [0.05, 0.1) is 25.1 Å². The van der Waals surface area contributed by atoms with Crippen molar-refractivity contribution in [3.8, 4) is 0 Å². The van der Waals surface area contributed by atoms with E-state index in [2.05, 4.69) is 38.7 Å². The molecule has 0 amide bonds. The molecular weight excluding hydrogens is 266 g/mol. The summed E-state index contributed by atoms with van der Waals surface area (Å²) in [4.78, 5) is 18.0. The van der Waals surface area contributed by atoms with Crippen LogP contribution in [0.5, 0.6) is 0 Å². The Morgan fingerprint density at radius 3 is 3.16 bits per heavy atom. The maximum absolute atomic E-state index is 5.99. The van der Waals surface area contributed by atoms with E-state index in [0.29, 0.717) is 18.3 Å². The maximum Gasteiger partial charge on any atom is 0.226 e. The molecule has 3 rings (SSSR count). The fourth-order valence-corrected chi connectivity index (χ4v) is 2.60. The largest absolute Gasteiger partial charge is 0.375 e. The van der Waals surface area contributed by atoms with Crippen molar-refractivity contribution in [1.82, 2.24) is 19.9 Å². The van der Waals surface area contributed by atoms with Gasteiger partial charge >= 0.3 is 0 Å². The molecule has 1 N–H and O–H groups in total. The van der Waals surface area contributed by atoms with E-state index in [-0.39, 0.29) is 11.4 Å². The van der Waals surface area contributed by atoms with Crippen molar-refractivity contribution in [2.45, 2.75) is 32.4 Å². The zero-order valence-corrected chi connectivity index (χ0v) is 11.7. The molecule has 0 bridgehead atoms. The van der Waals surface area contributed by atoms with Crippen LogP contribution in [0.3, 0.4) is 0 Å². The number of aromatic nitrogens is 4. The topological polar surface area (TPSA) is 66.9 Å². The van der Waals surface area contributed by atoms with Gasteiger partial charge in [-0.3, -0.25) is 0 Å². The second-order valence-electron chi connectivity index (χ2n) is 4.78. The lowest BCUT2D eigenvalue weighted by molar-refractivity contribution is 0.0297. The Kier molecular flexibility index (Phi) is 3.28. The molecule has 6 nitrogen and oxygen atoms in total. The van der Waals surface area contributed by atoms with Gasteiger partial charge in [0.1, 0.15) is 5.52 Å². The van der Waals surface area contributed by atoms with Gasteiger partial charge in [-0.2, -0.15) is 9.97 Å². The summed E-state index contributed by atoms with van der Waals surface area (Å²) in [5.74, 6) is 0.814. The number of morpholine rings is 1. The first-order valence-corrected chi connectivity index (χ1v) is 6.81. The number of fused-ring (bicyclic) bond motifs is 1. The summed E-state index contributed by atoms with van der Waals surface area (Å²) in [7, 11) is 0. The number of halogens is 1. The summed E-state index contributed by atoms with van der Waals surface area (Å²) in [5.41, 5.74) is 1.43. The smallest absolute Gasteiger partial charge is 0.226 e. The molecule has 0 saturated carbocycles. The van der Waals surface area contributed by atoms with E-state index in [9.17, 15) is 0 Å². The number of aromatic amines is 1. The highest BCUT2D eigenvalue weighted by Gasteiger charge is 2.28. The number of anilines is 1. The molecular formula is C12H16ClN5O. The number of nitrogens with one attached hydrogen (secondary N) is 1.